The van der Waals surface area contributed by atoms with Crippen molar-refractivity contribution in [2.24, 2.45) is 0 Å². The lowest BCUT2D eigenvalue weighted by atomic mass is 9.83. The monoisotopic (exact) mass is 252 g/mol. The van der Waals surface area contributed by atoms with Crippen LogP contribution in [0.3, 0.4) is 0 Å². The average Bonchev–Trinajstić information content (AvgIpc) is 2.49. The first-order valence-corrected chi connectivity index (χ1v) is 6.64. The van der Waals surface area contributed by atoms with Crippen LogP contribution < -0.4 is 0 Å². The molecule has 1 nitrogen and oxygen atoms in total. The van der Waals surface area contributed by atoms with Gasteiger partial charge in [0.05, 0.1) is 6.10 Å². The highest BCUT2D eigenvalue weighted by Gasteiger charge is 2.24. The number of rotatable bonds is 5. The van der Waals surface area contributed by atoms with E-state index < -0.39 is 6.10 Å². The van der Waals surface area contributed by atoms with Gasteiger partial charge in [-0.3, -0.25) is 0 Å². The lowest BCUT2D eigenvalue weighted by Gasteiger charge is -2.26. The molecule has 0 saturated carbocycles. The highest BCUT2D eigenvalue weighted by Crippen LogP contribution is 2.30. The highest BCUT2D eigenvalue weighted by atomic mass is 16.3. The van der Waals surface area contributed by atoms with Crippen LogP contribution in [-0.4, -0.2) is 11.2 Å². The summed E-state index contributed by atoms with van der Waals surface area (Å²) in [6, 6.07) is 20.1. The maximum atomic E-state index is 10.6. The normalized spacial score (nSPS) is 15.5. The number of aliphatic hydroxyl groups excluding tert-OH is 1. The maximum Gasteiger partial charge on any atom is 0.0708 e. The van der Waals surface area contributed by atoms with E-state index in [1.165, 1.54) is 0 Å². The second kappa shape index (κ2) is 6.35. The molecule has 0 aromatic heterocycles. The van der Waals surface area contributed by atoms with E-state index in [9.17, 15) is 5.11 Å². The molecule has 0 spiro atoms. The Labute approximate surface area is 115 Å². The van der Waals surface area contributed by atoms with Crippen LogP contribution in [0.4, 0.5) is 0 Å². The topological polar surface area (TPSA) is 20.2 Å². The van der Waals surface area contributed by atoms with E-state index in [2.05, 4.69) is 25.6 Å². The van der Waals surface area contributed by atoms with E-state index in [4.69, 9.17) is 0 Å². The number of hydrogen-bond acceptors (Lipinski definition) is 1. The van der Waals surface area contributed by atoms with Crippen molar-refractivity contribution in [3.63, 3.8) is 0 Å². The summed E-state index contributed by atoms with van der Waals surface area (Å²) >= 11 is 0. The third-order valence-corrected chi connectivity index (χ3v) is 3.64. The van der Waals surface area contributed by atoms with Gasteiger partial charge in [0.1, 0.15) is 0 Å². The molecule has 3 atom stereocenters. The smallest absolute Gasteiger partial charge is 0.0708 e. The zero-order valence-corrected chi connectivity index (χ0v) is 11.2. The van der Waals surface area contributed by atoms with Crippen LogP contribution >= 0.6 is 0 Å². The van der Waals surface area contributed by atoms with Crippen LogP contribution in [0, 0.1) is 0 Å². The first-order chi connectivity index (χ1) is 9.24. The zero-order chi connectivity index (χ0) is 13.7. The molecule has 98 valence electrons. The number of benzene rings is 2. The molecule has 0 bridgehead atoms. The van der Waals surface area contributed by atoms with Crippen LogP contribution in [0.2, 0.25) is 0 Å². The lowest BCUT2D eigenvalue weighted by Crippen LogP contribution is -2.23. The zero-order valence-electron chi connectivity index (χ0n) is 11.2. The van der Waals surface area contributed by atoms with Crippen molar-refractivity contribution in [3.05, 3.63) is 84.4 Å². The molecule has 0 amide bonds. The second-order valence-corrected chi connectivity index (χ2v) is 4.86. The molecule has 0 saturated heterocycles. The molecule has 1 heteroatoms. The molecule has 0 radical (unpaired) electrons. The molecule has 0 fully saturated rings. The van der Waals surface area contributed by atoms with Gasteiger partial charge in [0.2, 0.25) is 0 Å². The second-order valence-electron chi connectivity index (χ2n) is 4.86. The molecule has 1 N–H and O–H groups in total. The fourth-order valence-corrected chi connectivity index (χ4v) is 2.41. The Hall–Kier alpha value is -1.86. The molecule has 19 heavy (non-hydrogen) atoms. The van der Waals surface area contributed by atoms with Gasteiger partial charge < -0.3 is 5.11 Å². The third-order valence-electron chi connectivity index (χ3n) is 3.64. The Morgan fingerprint density at radius 1 is 0.895 bits per heavy atom. The summed E-state index contributed by atoms with van der Waals surface area (Å²) in [4.78, 5) is 0. The quantitative estimate of drug-likeness (QED) is 0.794. The van der Waals surface area contributed by atoms with Crippen LogP contribution in [0.25, 0.3) is 0 Å². The van der Waals surface area contributed by atoms with Gasteiger partial charge in [-0.2, -0.15) is 0 Å². The lowest BCUT2D eigenvalue weighted by molar-refractivity contribution is 0.134. The summed E-state index contributed by atoms with van der Waals surface area (Å²) in [5, 5.41) is 10.6. The molecule has 2 aromatic rings. The van der Waals surface area contributed by atoms with E-state index in [-0.39, 0.29) is 11.8 Å². The summed E-state index contributed by atoms with van der Waals surface area (Å²) < 4.78 is 0. The SMILES string of the molecule is C=C[C@H](c1ccccc1)[C@H](O)C(C)c1ccccc1. The molecule has 1 unspecified atom stereocenters. The van der Waals surface area contributed by atoms with Crippen LogP contribution in [0.15, 0.2) is 73.3 Å². The van der Waals surface area contributed by atoms with Gasteiger partial charge in [0, 0.05) is 11.8 Å². The molecular weight excluding hydrogens is 232 g/mol. The maximum absolute atomic E-state index is 10.6. The predicted molar refractivity (Wildman–Crippen MR) is 80.2 cm³/mol. The average molecular weight is 252 g/mol. The Balaban J connectivity index is 2.22. The summed E-state index contributed by atoms with van der Waals surface area (Å²) in [6.45, 7) is 5.93. The number of aliphatic hydroxyl groups is 1. The highest BCUT2D eigenvalue weighted by molar-refractivity contribution is 5.28. The van der Waals surface area contributed by atoms with Crippen LogP contribution in [0.5, 0.6) is 0 Å². The number of hydrogen-bond donors (Lipinski definition) is 1. The van der Waals surface area contributed by atoms with Crippen LogP contribution in [0.1, 0.15) is 29.9 Å². The Bertz CT molecular complexity index is 504. The van der Waals surface area contributed by atoms with Crippen LogP contribution in [-0.2, 0) is 0 Å². The largest absolute Gasteiger partial charge is 0.392 e. The van der Waals surface area contributed by atoms with Crippen molar-refractivity contribution in [3.8, 4) is 0 Å². The summed E-state index contributed by atoms with van der Waals surface area (Å²) in [7, 11) is 0. The third kappa shape index (κ3) is 3.12. The standard InChI is InChI=1S/C18H20O/c1-3-17(16-12-8-5-9-13-16)18(19)14(2)15-10-6-4-7-11-15/h3-14,17-19H,1H2,2H3/t14?,17-,18-/m1/s1. The van der Waals surface area contributed by atoms with Crippen molar-refractivity contribution in [2.75, 3.05) is 0 Å². The Morgan fingerprint density at radius 3 is 1.84 bits per heavy atom. The van der Waals surface area contributed by atoms with Crippen molar-refractivity contribution in [1.82, 2.24) is 0 Å². The molecule has 2 aromatic carbocycles. The van der Waals surface area contributed by atoms with E-state index in [1.54, 1.807) is 0 Å². The minimum absolute atomic E-state index is 0.0450. The first-order valence-electron chi connectivity index (χ1n) is 6.64. The molecular formula is C18H20O. The van der Waals surface area contributed by atoms with Gasteiger partial charge in [-0.1, -0.05) is 73.7 Å². The van der Waals surface area contributed by atoms with Gasteiger partial charge >= 0.3 is 0 Å². The molecule has 0 aliphatic heterocycles. The van der Waals surface area contributed by atoms with Crippen molar-refractivity contribution in [2.45, 2.75) is 24.9 Å². The van der Waals surface area contributed by atoms with Gasteiger partial charge in [0.15, 0.2) is 0 Å². The first kappa shape index (κ1) is 13.6. The van der Waals surface area contributed by atoms with Gasteiger partial charge in [0.25, 0.3) is 0 Å². The summed E-state index contributed by atoms with van der Waals surface area (Å²) in [5.41, 5.74) is 2.26. The van der Waals surface area contributed by atoms with Gasteiger partial charge in [-0.25, -0.2) is 0 Å². The van der Waals surface area contributed by atoms with E-state index in [0.29, 0.717) is 0 Å². The fraction of sp³-hybridized carbons (Fsp3) is 0.222. The molecule has 0 aliphatic rings. The summed E-state index contributed by atoms with van der Waals surface area (Å²) in [6.07, 6.45) is 1.36. The van der Waals surface area contributed by atoms with Crippen molar-refractivity contribution < 1.29 is 5.11 Å². The van der Waals surface area contributed by atoms with E-state index in [1.807, 2.05) is 54.6 Å². The van der Waals surface area contributed by atoms with E-state index >= 15 is 0 Å². The summed E-state index contributed by atoms with van der Waals surface area (Å²) in [5.74, 6) is 0.0285. The minimum Gasteiger partial charge on any atom is -0.392 e. The van der Waals surface area contributed by atoms with Gasteiger partial charge in [-0.05, 0) is 11.1 Å². The Morgan fingerprint density at radius 2 is 1.37 bits per heavy atom. The molecule has 0 aliphatic carbocycles. The van der Waals surface area contributed by atoms with Crippen molar-refractivity contribution >= 4 is 0 Å². The minimum atomic E-state index is -0.470. The predicted octanol–water partition coefficient (Wildman–Crippen LogP) is 4.12. The fourth-order valence-electron chi connectivity index (χ4n) is 2.41. The molecule has 0 heterocycles. The molecule has 2 rings (SSSR count). The Kier molecular flexibility index (Phi) is 4.53. The van der Waals surface area contributed by atoms with E-state index in [0.717, 1.165) is 11.1 Å². The van der Waals surface area contributed by atoms with Crippen molar-refractivity contribution in [1.29, 1.82) is 0 Å². The van der Waals surface area contributed by atoms with Gasteiger partial charge in [-0.15, -0.1) is 6.58 Å².